The molecule has 2 N–H and O–H groups in total. The van der Waals surface area contributed by atoms with Gasteiger partial charge >= 0.3 is 0 Å². The highest BCUT2D eigenvalue weighted by Crippen LogP contribution is 2.18. The van der Waals surface area contributed by atoms with E-state index in [2.05, 4.69) is 10.1 Å². The molecule has 3 rings (SSSR count). The van der Waals surface area contributed by atoms with Crippen LogP contribution >= 0.6 is 0 Å². The van der Waals surface area contributed by atoms with Crippen molar-refractivity contribution in [1.82, 2.24) is 14.6 Å². The molecule has 3 aromatic rings. The summed E-state index contributed by atoms with van der Waals surface area (Å²) in [5.41, 5.74) is 8.10. The molecule has 0 fully saturated rings. The predicted molar refractivity (Wildman–Crippen MR) is 66.3 cm³/mol. The molecule has 0 saturated carbocycles. The van der Waals surface area contributed by atoms with E-state index < -0.39 is 0 Å². The minimum Gasteiger partial charge on any atom is -0.326 e. The van der Waals surface area contributed by atoms with Crippen molar-refractivity contribution >= 4 is 5.65 Å². The number of halogens is 1. The van der Waals surface area contributed by atoms with Gasteiger partial charge in [-0.3, -0.25) is 0 Å². The van der Waals surface area contributed by atoms with Crippen LogP contribution in [-0.2, 0) is 6.54 Å². The second kappa shape index (κ2) is 4.19. The Labute approximate surface area is 103 Å². The molecule has 0 spiro atoms. The van der Waals surface area contributed by atoms with Crippen LogP contribution in [0.5, 0.6) is 0 Å². The number of benzene rings is 1. The molecule has 0 atom stereocenters. The summed E-state index contributed by atoms with van der Waals surface area (Å²) in [5.74, 6) is 0.293. The van der Waals surface area contributed by atoms with Crippen LogP contribution in [0.1, 0.15) is 5.56 Å². The molecule has 0 bridgehead atoms. The molecule has 4 nitrogen and oxygen atoms in total. The lowest BCUT2D eigenvalue weighted by Crippen LogP contribution is -1.99. The molecule has 0 amide bonds. The van der Waals surface area contributed by atoms with Crippen molar-refractivity contribution in [1.29, 1.82) is 0 Å². The maximum atomic E-state index is 12.9. The lowest BCUT2D eigenvalue weighted by atomic mass is 10.2. The van der Waals surface area contributed by atoms with E-state index in [1.165, 1.54) is 12.1 Å². The summed E-state index contributed by atoms with van der Waals surface area (Å²) in [6.45, 7) is 0.409. The van der Waals surface area contributed by atoms with E-state index in [-0.39, 0.29) is 5.82 Å². The minimum absolute atomic E-state index is 0.273. The molecule has 0 radical (unpaired) electrons. The van der Waals surface area contributed by atoms with Gasteiger partial charge in [-0.25, -0.2) is 13.9 Å². The normalized spacial score (nSPS) is 11.0. The summed E-state index contributed by atoms with van der Waals surface area (Å²) >= 11 is 0. The quantitative estimate of drug-likeness (QED) is 0.747. The third kappa shape index (κ3) is 1.74. The smallest absolute Gasteiger partial charge is 0.182 e. The Balaban J connectivity index is 2.16. The van der Waals surface area contributed by atoms with Crippen LogP contribution in [-0.4, -0.2) is 14.6 Å². The molecule has 90 valence electrons. The Morgan fingerprint density at radius 3 is 2.67 bits per heavy atom. The molecule has 18 heavy (non-hydrogen) atoms. The lowest BCUT2D eigenvalue weighted by molar-refractivity contribution is 0.628. The topological polar surface area (TPSA) is 56.2 Å². The summed E-state index contributed by atoms with van der Waals surface area (Å²) in [7, 11) is 0. The first kappa shape index (κ1) is 10.9. The Morgan fingerprint density at radius 2 is 1.94 bits per heavy atom. The van der Waals surface area contributed by atoms with Gasteiger partial charge < -0.3 is 5.73 Å². The fraction of sp³-hybridized carbons (Fsp3) is 0.0769. The molecule has 0 aliphatic carbocycles. The van der Waals surface area contributed by atoms with E-state index in [4.69, 9.17) is 5.73 Å². The molecule has 1 aromatic carbocycles. The van der Waals surface area contributed by atoms with Crippen LogP contribution in [0.4, 0.5) is 4.39 Å². The van der Waals surface area contributed by atoms with E-state index in [1.54, 1.807) is 16.6 Å². The highest BCUT2D eigenvalue weighted by molar-refractivity contribution is 5.59. The van der Waals surface area contributed by atoms with Crippen LogP contribution < -0.4 is 5.73 Å². The SMILES string of the molecule is NCc1cccn2nc(-c3ccc(F)cc3)nc12. The molecular weight excluding hydrogens is 231 g/mol. The van der Waals surface area contributed by atoms with E-state index in [0.29, 0.717) is 12.4 Å². The second-order valence-electron chi connectivity index (χ2n) is 3.95. The zero-order valence-electron chi connectivity index (χ0n) is 9.55. The van der Waals surface area contributed by atoms with Gasteiger partial charge in [0, 0.05) is 23.9 Å². The van der Waals surface area contributed by atoms with Gasteiger partial charge in [-0.05, 0) is 30.3 Å². The molecule has 2 heterocycles. The number of aromatic nitrogens is 3. The van der Waals surface area contributed by atoms with Crippen LogP contribution in [0.2, 0.25) is 0 Å². The van der Waals surface area contributed by atoms with Crippen molar-refractivity contribution in [2.75, 3.05) is 0 Å². The van der Waals surface area contributed by atoms with Gasteiger partial charge in [0.1, 0.15) is 5.82 Å². The van der Waals surface area contributed by atoms with Gasteiger partial charge in [0.15, 0.2) is 11.5 Å². The van der Waals surface area contributed by atoms with Crippen molar-refractivity contribution < 1.29 is 4.39 Å². The fourth-order valence-corrected chi connectivity index (χ4v) is 1.84. The van der Waals surface area contributed by atoms with Gasteiger partial charge in [-0.15, -0.1) is 5.10 Å². The number of nitrogens with zero attached hydrogens (tertiary/aromatic N) is 3. The van der Waals surface area contributed by atoms with Gasteiger partial charge in [0.05, 0.1) is 0 Å². The third-order valence-electron chi connectivity index (χ3n) is 2.77. The number of pyridine rings is 1. The number of fused-ring (bicyclic) bond motifs is 1. The number of hydrogen-bond donors (Lipinski definition) is 1. The van der Waals surface area contributed by atoms with E-state index >= 15 is 0 Å². The maximum Gasteiger partial charge on any atom is 0.182 e. The fourth-order valence-electron chi connectivity index (χ4n) is 1.84. The number of hydrogen-bond acceptors (Lipinski definition) is 3. The first-order valence-corrected chi connectivity index (χ1v) is 5.58. The Bertz CT molecular complexity index is 688. The second-order valence-corrected chi connectivity index (χ2v) is 3.95. The molecule has 0 saturated heterocycles. The largest absolute Gasteiger partial charge is 0.326 e. The first-order valence-electron chi connectivity index (χ1n) is 5.58. The molecule has 0 aliphatic rings. The van der Waals surface area contributed by atoms with Gasteiger partial charge in [-0.1, -0.05) is 6.07 Å². The van der Waals surface area contributed by atoms with Crippen molar-refractivity contribution in [2.45, 2.75) is 6.54 Å². The third-order valence-corrected chi connectivity index (χ3v) is 2.77. The first-order chi connectivity index (χ1) is 8.78. The Hall–Kier alpha value is -2.27. The minimum atomic E-state index is -0.273. The zero-order chi connectivity index (χ0) is 12.5. The maximum absolute atomic E-state index is 12.9. The zero-order valence-corrected chi connectivity index (χ0v) is 9.55. The Morgan fingerprint density at radius 1 is 1.17 bits per heavy atom. The molecule has 0 aliphatic heterocycles. The van der Waals surface area contributed by atoms with E-state index in [1.807, 2.05) is 18.3 Å². The van der Waals surface area contributed by atoms with E-state index in [9.17, 15) is 4.39 Å². The van der Waals surface area contributed by atoms with Crippen LogP contribution in [0.25, 0.3) is 17.0 Å². The van der Waals surface area contributed by atoms with Crippen LogP contribution in [0.15, 0.2) is 42.6 Å². The predicted octanol–water partition coefficient (Wildman–Crippen LogP) is 1.99. The summed E-state index contributed by atoms with van der Waals surface area (Å²) in [4.78, 5) is 4.43. The standard InChI is InChI=1S/C13H11FN4/c14-11-5-3-9(4-6-11)12-16-13-10(8-15)2-1-7-18(13)17-12/h1-7H,8,15H2. The van der Waals surface area contributed by atoms with Gasteiger partial charge in [0.25, 0.3) is 0 Å². The van der Waals surface area contributed by atoms with Crippen LogP contribution in [0, 0.1) is 5.82 Å². The van der Waals surface area contributed by atoms with Crippen LogP contribution in [0.3, 0.4) is 0 Å². The average molecular weight is 242 g/mol. The van der Waals surface area contributed by atoms with Crippen molar-refractivity contribution in [3.8, 4) is 11.4 Å². The molecule has 2 aromatic heterocycles. The monoisotopic (exact) mass is 242 g/mol. The highest BCUT2D eigenvalue weighted by Gasteiger charge is 2.08. The number of nitrogens with two attached hydrogens (primary N) is 1. The highest BCUT2D eigenvalue weighted by atomic mass is 19.1. The lowest BCUT2D eigenvalue weighted by Gasteiger charge is -1.96. The summed E-state index contributed by atoms with van der Waals surface area (Å²) in [5, 5.41) is 4.35. The molecule has 0 unspecified atom stereocenters. The van der Waals surface area contributed by atoms with Crippen molar-refractivity contribution in [2.24, 2.45) is 5.73 Å². The average Bonchev–Trinajstić information content (AvgIpc) is 2.83. The van der Waals surface area contributed by atoms with E-state index in [0.717, 1.165) is 16.8 Å². The van der Waals surface area contributed by atoms with Gasteiger partial charge in [-0.2, -0.15) is 0 Å². The summed E-state index contributed by atoms with van der Waals surface area (Å²) in [6.07, 6.45) is 1.81. The van der Waals surface area contributed by atoms with Crippen molar-refractivity contribution in [3.05, 3.63) is 54.0 Å². The number of rotatable bonds is 2. The van der Waals surface area contributed by atoms with Gasteiger partial charge in [0.2, 0.25) is 0 Å². The molecular formula is C13H11FN4. The summed E-state index contributed by atoms with van der Waals surface area (Å²) < 4.78 is 14.5. The summed E-state index contributed by atoms with van der Waals surface area (Å²) in [6, 6.07) is 9.89. The van der Waals surface area contributed by atoms with Crippen molar-refractivity contribution in [3.63, 3.8) is 0 Å². The Kier molecular flexibility index (Phi) is 2.53. The molecule has 5 heteroatoms.